The summed E-state index contributed by atoms with van der Waals surface area (Å²) >= 11 is 0. The lowest BCUT2D eigenvalue weighted by Crippen LogP contribution is -2.13. The van der Waals surface area contributed by atoms with Gasteiger partial charge in [0.15, 0.2) is 0 Å². The molecule has 0 aliphatic heterocycles. The van der Waals surface area contributed by atoms with E-state index in [9.17, 15) is 4.79 Å². The van der Waals surface area contributed by atoms with E-state index in [1.54, 1.807) is 0 Å². The molecular formula is C13H22N4O. The van der Waals surface area contributed by atoms with Gasteiger partial charge in [-0.3, -0.25) is 4.79 Å². The van der Waals surface area contributed by atoms with Gasteiger partial charge in [0.25, 0.3) is 5.56 Å². The molecule has 0 aromatic carbocycles. The number of nitrogens with one attached hydrogen (secondary N) is 2. The highest BCUT2D eigenvalue weighted by atomic mass is 16.1. The molecule has 0 radical (unpaired) electrons. The number of unbranched alkanes of at least 4 members (excludes halogenated alkanes) is 3. The predicted molar refractivity (Wildman–Crippen MR) is 72.8 cm³/mol. The Bertz CT molecular complexity index is 425. The molecular weight excluding hydrogens is 228 g/mol. The highest BCUT2D eigenvalue weighted by molar-refractivity contribution is 5.33. The third kappa shape index (κ3) is 4.14. The molecule has 100 valence electrons. The number of rotatable bonds is 8. The van der Waals surface area contributed by atoms with Crippen LogP contribution < -0.4 is 16.6 Å². The van der Waals surface area contributed by atoms with Crippen LogP contribution in [-0.4, -0.2) is 23.1 Å². The van der Waals surface area contributed by atoms with Gasteiger partial charge in [0.05, 0.1) is 0 Å². The zero-order chi connectivity index (χ0) is 12.8. The molecule has 1 heterocycles. The van der Waals surface area contributed by atoms with Gasteiger partial charge in [0.1, 0.15) is 11.6 Å². The third-order valence-electron chi connectivity index (χ3n) is 3.16. The molecule has 0 saturated heterocycles. The van der Waals surface area contributed by atoms with E-state index in [-0.39, 0.29) is 5.56 Å². The summed E-state index contributed by atoms with van der Waals surface area (Å²) in [6, 6.07) is 1.53. The van der Waals surface area contributed by atoms with E-state index in [2.05, 4.69) is 15.3 Å². The zero-order valence-corrected chi connectivity index (χ0v) is 10.7. The van der Waals surface area contributed by atoms with Crippen molar-refractivity contribution in [2.24, 2.45) is 5.73 Å². The van der Waals surface area contributed by atoms with Gasteiger partial charge in [0, 0.05) is 18.5 Å². The molecule has 1 saturated carbocycles. The predicted octanol–water partition coefficient (Wildman–Crippen LogP) is 1.58. The molecule has 0 bridgehead atoms. The average molecular weight is 250 g/mol. The van der Waals surface area contributed by atoms with E-state index < -0.39 is 0 Å². The fraction of sp³-hybridized carbons (Fsp3) is 0.692. The lowest BCUT2D eigenvalue weighted by Gasteiger charge is -2.06. The van der Waals surface area contributed by atoms with Gasteiger partial charge in [-0.2, -0.15) is 0 Å². The van der Waals surface area contributed by atoms with Gasteiger partial charge in [-0.15, -0.1) is 0 Å². The van der Waals surface area contributed by atoms with Crippen molar-refractivity contribution in [3.05, 3.63) is 22.2 Å². The summed E-state index contributed by atoms with van der Waals surface area (Å²) in [5, 5.41) is 3.22. The molecule has 2 rings (SSSR count). The van der Waals surface area contributed by atoms with E-state index in [4.69, 9.17) is 5.73 Å². The van der Waals surface area contributed by atoms with Crippen LogP contribution in [0.1, 0.15) is 50.3 Å². The maximum atomic E-state index is 11.5. The summed E-state index contributed by atoms with van der Waals surface area (Å²) in [7, 11) is 0. The quantitative estimate of drug-likeness (QED) is 0.612. The molecule has 0 atom stereocenters. The van der Waals surface area contributed by atoms with Crippen LogP contribution in [0.2, 0.25) is 0 Å². The number of hydrogen-bond acceptors (Lipinski definition) is 4. The zero-order valence-electron chi connectivity index (χ0n) is 10.7. The van der Waals surface area contributed by atoms with E-state index in [0.29, 0.717) is 11.7 Å². The number of aromatic amines is 1. The van der Waals surface area contributed by atoms with Crippen LogP contribution in [0, 0.1) is 0 Å². The minimum Gasteiger partial charge on any atom is -0.370 e. The first kappa shape index (κ1) is 13.1. The summed E-state index contributed by atoms with van der Waals surface area (Å²) < 4.78 is 0. The van der Waals surface area contributed by atoms with Crippen LogP contribution in [-0.2, 0) is 0 Å². The minimum atomic E-state index is -0.0578. The Labute approximate surface area is 107 Å². The molecule has 1 aromatic rings. The summed E-state index contributed by atoms with van der Waals surface area (Å²) in [5.41, 5.74) is 5.38. The molecule has 5 nitrogen and oxygen atoms in total. The Morgan fingerprint density at radius 3 is 2.83 bits per heavy atom. The minimum absolute atomic E-state index is 0.0578. The van der Waals surface area contributed by atoms with Crippen molar-refractivity contribution in [3.8, 4) is 0 Å². The summed E-state index contributed by atoms with van der Waals surface area (Å²) in [6.45, 7) is 1.64. The van der Waals surface area contributed by atoms with Crippen molar-refractivity contribution in [1.29, 1.82) is 0 Å². The van der Waals surface area contributed by atoms with Crippen LogP contribution >= 0.6 is 0 Å². The fourth-order valence-electron chi connectivity index (χ4n) is 1.96. The van der Waals surface area contributed by atoms with Crippen molar-refractivity contribution < 1.29 is 0 Å². The van der Waals surface area contributed by atoms with Crippen LogP contribution in [0.15, 0.2) is 10.9 Å². The molecule has 1 aliphatic rings. The average Bonchev–Trinajstić information content (AvgIpc) is 3.17. The van der Waals surface area contributed by atoms with Gasteiger partial charge >= 0.3 is 0 Å². The molecule has 0 spiro atoms. The van der Waals surface area contributed by atoms with Gasteiger partial charge in [0.2, 0.25) is 0 Å². The Morgan fingerprint density at radius 2 is 2.11 bits per heavy atom. The van der Waals surface area contributed by atoms with Gasteiger partial charge in [-0.25, -0.2) is 4.98 Å². The number of nitrogens with two attached hydrogens (primary N) is 1. The van der Waals surface area contributed by atoms with Gasteiger partial charge < -0.3 is 16.0 Å². The highest BCUT2D eigenvalue weighted by Gasteiger charge is 2.26. The molecule has 18 heavy (non-hydrogen) atoms. The molecule has 0 amide bonds. The second-order valence-corrected chi connectivity index (χ2v) is 4.92. The first-order valence-electron chi connectivity index (χ1n) is 6.85. The van der Waals surface area contributed by atoms with Crippen molar-refractivity contribution in [3.63, 3.8) is 0 Å². The molecule has 1 fully saturated rings. The monoisotopic (exact) mass is 250 g/mol. The normalized spacial score (nSPS) is 14.7. The van der Waals surface area contributed by atoms with E-state index in [1.165, 1.54) is 18.9 Å². The molecule has 0 unspecified atom stereocenters. The van der Waals surface area contributed by atoms with Crippen LogP contribution in [0.5, 0.6) is 0 Å². The molecule has 5 heteroatoms. The molecule has 4 N–H and O–H groups in total. The lowest BCUT2D eigenvalue weighted by atomic mass is 10.2. The maximum Gasteiger partial charge on any atom is 0.252 e. The van der Waals surface area contributed by atoms with Crippen molar-refractivity contribution >= 4 is 5.82 Å². The Hall–Kier alpha value is -1.36. The van der Waals surface area contributed by atoms with Crippen LogP contribution in [0.25, 0.3) is 0 Å². The van der Waals surface area contributed by atoms with Crippen LogP contribution in [0.4, 0.5) is 5.82 Å². The van der Waals surface area contributed by atoms with Crippen molar-refractivity contribution in [2.75, 3.05) is 18.4 Å². The SMILES string of the molecule is NCCCCCCNc1cc(=O)[nH]c(C2CC2)n1. The standard InChI is InChI=1S/C13H22N4O/c14-7-3-1-2-4-8-15-11-9-12(18)17-13(16-11)10-5-6-10/h9-10H,1-8,14H2,(H2,15,16,17,18). The first-order valence-corrected chi connectivity index (χ1v) is 6.85. The lowest BCUT2D eigenvalue weighted by molar-refractivity contribution is 0.660. The summed E-state index contributed by atoms with van der Waals surface area (Å²) in [4.78, 5) is 18.7. The van der Waals surface area contributed by atoms with Gasteiger partial charge in [-0.05, 0) is 32.2 Å². The summed E-state index contributed by atoms with van der Waals surface area (Å²) in [5.74, 6) is 2.02. The van der Waals surface area contributed by atoms with E-state index >= 15 is 0 Å². The number of H-pyrrole nitrogens is 1. The Kier molecular flexibility index (Phi) is 4.75. The number of aromatic nitrogens is 2. The largest absolute Gasteiger partial charge is 0.370 e. The van der Waals surface area contributed by atoms with E-state index in [0.717, 1.165) is 44.6 Å². The number of nitrogens with zero attached hydrogens (tertiary/aromatic N) is 1. The highest BCUT2D eigenvalue weighted by Crippen LogP contribution is 2.37. The fourth-order valence-corrected chi connectivity index (χ4v) is 1.96. The topological polar surface area (TPSA) is 83.8 Å². The Morgan fingerprint density at radius 1 is 1.33 bits per heavy atom. The van der Waals surface area contributed by atoms with Crippen LogP contribution in [0.3, 0.4) is 0 Å². The number of anilines is 1. The second kappa shape index (κ2) is 6.54. The molecule has 1 aromatic heterocycles. The number of hydrogen-bond donors (Lipinski definition) is 3. The van der Waals surface area contributed by atoms with Gasteiger partial charge in [-0.1, -0.05) is 12.8 Å². The second-order valence-electron chi connectivity index (χ2n) is 4.92. The van der Waals surface area contributed by atoms with E-state index in [1.807, 2.05) is 0 Å². The molecule has 1 aliphatic carbocycles. The smallest absolute Gasteiger partial charge is 0.252 e. The van der Waals surface area contributed by atoms with Crippen molar-refractivity contribution in [2.45, 2.75) is 44.4 Å². The first-order chi connectivity index (χ1) is 8.79. The summed E-state index contributed by atoms with van der Waals surface area (Å²) in [6.07, 6.45) is 6.82. The third-order valence-corrected chi connectivity index (χ3v) is 3.16. The Balaban J connectivity index is 1.76. The van der Waals surface area contributed by atoms with Crippen molar-refractivity contribution in [1.82, 2.24) is 9.97 Å². The maximum absolute atomic E-state index is 11.5.